The summed E-state index contributed by atoms with van der Waals surface area (Å²) in [6.07, 6.45) is 0.280. The first kappa shape index (κ1) is 20.1. The molecule has 1 heterocycles. The van der Waals surface area contributed by atoms with Crippen molar-refractivity contribution in [2.75, 3.05) is 18.2 Å². The molecule has 0 saturated carbocycles. The number of fused-ring (bicyclic) bond motifs is 1. The second kappa shape index (κ2) is 9.06. The molecule has 142 valence electrons. The topological polar surface area (TPSA) is 58.6 Å². The van der Waals surface area contributed by atoms with Gasteiger partial charge < -0.3 is 15.2 Å². The minimum atomic E-state index is -0.271. The van der Waals surface area contributed by atoms with Gasteiger partial charge in [-0.3, -0.25) is 4.79 Å². The van der Waals surface area contributed by atoms with E-state index in [4.69, 9.17) is 23.2 Å². The molecule has 0 amide bonds. The van der Waals surface area contributed by atoms with Crippen LogP contribution in [0, 0.1) is 0 Å². The number of benzene rings is 2. The van der Waals surface area contributed by atoms with E-state index >= 15 is 0 Å². The molecule has 3 rings (SSSR count). The van der Waals surface area contributed by atoms with Gasteiger partial charge in [-0.15, -0.1) is 23.1 Å². The van der Waals surface area contributed by atoms with Crippen LogP contribution in [0.5, 0.6) is 5.75 Å². The quantitative estimate of drug-likeness (QED) is 0.260. The van der Waals surface area contributed by atoms with Crippen molar-refractivity contribution in [3.63, 3.8) is 0 Å². The molecule has 0 aliphatic carbocycles. The number of phenols is 1. The Morgan fingerprint density at radius 1 is 1.26 bits per heavy atom. The number of thiophene rings is 1. The molecular formula is C19H17Cl2NO3S2. The van der Waals surface area contributed by atoms with Crippen LogP contribution >= 0.6 is 46.3 Å². The summed E-state index contributed by atoms with van der Waals surface area (Å²) >= 11 is 14.9. The molecule has 1 aromatic heterocycles. The predicted molar refractivity (Wildman–Crippen MR) is 115 cm³/mol. The smallest absolute Gasteiger partial charge is 0.306 e. The maximum Gasteiger partial charge on any atom is 0.306 e. The number of anilines is 1. The minimum Gasteiger partial charge on any atom is -0.506 e. The number of nitrogens with one attached hydrogen (secondary N) is 1. The lowest BCUT2D eigenvalue weighted by atomic mass is 10.1. The Kier molecular flexibility index (Phi) is 6.76. The van der Waals surface area contributed by atoms with Gasteiger partial charge in [0, 0.05) is 33.6 Å². The Hall–Kier alpha value is -1.60. The van der Waals surface area contributed by atoms with Crippen LogP contribution in [0.15, 0.2) is 41.3 Å². The second-order valence-electron chi connectivity index (χ2n) is 5.68. The Balaban J connectivity index is 1.86. The molecule has 3 aromatic rings. The summed E-state index contributed by atoms with van der Waals surface area (Å²) in [6.45, 7) is 0.568. The van der Waals surface area contributed by atoms with Gasteiger partial charge in [-0.05, 0) is 12.1 Å². The average Bonchev–Trinajstić information content (AvgIpc) is 3.00. The highest BCUT2D eigenvalue weighted by Gasteiger charge is 2.13. The maximum atomic E-state index is 11.3. The van der Waals surface area contributed by atoms with Crippen molar-refractivity contribution >= 4 is 68.7 Å². The number of phenolic OH excluding ortho intramolecular Hbond substituents is 1. The lowest BCUT2D eigenvalue weighted by Crippen LogP contribution is -2.01. The number of rotatable bonds is 7. The summed E-state index contributed by atoms with van der Waals surface area (Å²) in [4.78, 5) is 13.1. The second-order valence-corrected chi connectivity index (χ2v) is 8.96. The molecule has 0 atom stereocenters. The van der Waals surface area contributed by atoms with Crippen molar-refractivity contribution in [1.29, 1.82) is 0 Å². The van der Waals surface area contributed by atoms with Crippen LogP contribution in [-0.2, 0) is 16.1 Å². The molecule has 0 aliphatic heterocycles. The Morgan fingerprint density at radius 2 is 2.00 bits per heavy atom. The van der Waals surface area contributed by atoms with E-state index in [0.29, 0.717) is 26.6 Å². The first-order valence-corrected chi connectivity index (χ1v) is 10.7. The van der Waals surface area contributed by atoms with Gasteiger partial charge in [0.15, 0.2) is 0 Å². The zero-order valence-electron chi connectivity index (χ0n) is 14.4. The SMILES string of the molecule is COC(=O)CCSc1cc(NCc2cc(Cl)c(Cl)s2)c2ccccc2c1O. The Morgan fingerprint density at radius 3 is 2.67 bits per heavy atom. The highest BCUT2D eigenvalue weighted by molar-refractivity contribution is 7.99. The molecule has 0 unspecified atom stereocenters. The predicted octanol–water partition coefficient (Wildman–Crippen LogP) is 6.18. The number of carbonyl (C=O) groups excluding carboxylic acids is 1. The summed E-state index contributed by atoms with van der Waals surface area (Å²) < 4.78 is 5.24. The number of aromatic hydroxyl groups is 1. The van der Waals surface area contributed by atoms with Gasteiger partial charge in [0.1, 0.15) is 10.1 Å². The fourth-order valence-electron chi connectivity index (χ4n) is 2.60. The maximum absolute atomic E-state index is 11.3. The van der Waals surface area contributed by atoms with E-state index in [1.165, 1.54) is 30.2 Å². The van der Waals surface area contributed by atoms with Crippen molar-refractivity contribution in [3.8, 4) is 5.75 Å². The third kappa shape index (κ3) is 4.82. The van der Waals surface area contributed by atoms with Crippen LogP contribution in [0.2, 0.25) is 9.36 Å². The van der Waals surface area contributed by atoms with Gasteiger partial charge in [0.2, 0.25) is 0 Å². The normalized spacial score (nSPS) is 10.9. The summed E-state index contributed by atoms with van der Waals surface area (Å²) in [5, 5.41) is 16.2. The highest BCUT2D eigenvalue weighted by Crippen LogP contribution is 2.40. The molecular weight excluding hydrogens is 425 g/mol. The van der Waals surface area contributed by atoms with Gasteiger partial charge in [-0.2, -0.15) is 0 Å². The van der Waals surface area contributed by atoms with Gasteiger partial charge in [-0.25, -0.2) is 0 Å². The zero-order chi connectivity index (χ0) is 19.4. The summed E-state index contributed by atoms with van der Waals surface area (Å²) in [7, 11) is 1.37. The molecule has 0 bridgehead atoms. The molecule has 0 spiro atoms. The Bertz CT molecular complexity index is 955. The number of hydrogen-bond acceptors (Lipinski definition) is 6. The third-order valence-corrected chi connectivity index (χ3v) is 6.82. The van der Waals surface area contributed by atoms with Gasteiger partial charge in [-0.1, -0.05) is 47.5 Å². The molecule has 0 saturated heterocycles. The van der Waals surface area contributed by atoms with E-state index in [1.807, 2.05) is 36.4 Å². The standard InChI is InChI=1S/C19H17Cl2NO3S2/c1-25-17(23)6-7-26-16-9-15(12-4-2-3-5-13(12)18(16)24)22-10-11-8-14(20)19(21)27-11/h2-5,8-9,22,24H,6-7,10H2,1H3. The zero-order valence-corrected chi connectivity index (χ0v) is 17.6. The Labute approximate surface area is 175 Å². The number of hydrogen-bond donors (Lipinski definition) is 2. The van der Waals surface area contributed by atoms with E-state index in [1.54, 1.807) is 0 Å². The number of thioether (sulfide) groups is 1. The summed E-state index contributed by atoms with van der Waals surface area (Å²) in [5.74, 6) is 0.467. The number of methoxy groups -OCH3 is 1. The van der Waals surface area contributed by atoms with Crippen molar-refractivity contribution in [2.24, 2.45) is 0 Å². The van der Waals surface area contributed by atoms with Crippen LogP contribution < -0.4 is 5.32 Å². The van der Waals surface area contributed by atoms with Gasteiger partial charge in [0.25, 0.3) is 0 Å². The van der Waals surface area contributed by atoms with E-state index in [9.17, 15) is 9.90 Å². The van der Waals surface area contributed by atoms with Gasteiger partial charge >= 0.3 is 5.97 Å². The van der Waals surface area contributed by atoms with Crippen LogP contribution in [0.4, 0.5) is 5.69 Å². The van der Waals surface area contributed by atoms with Crippen LogP contribution in [-0.4, -0.2) is 23.9 Å². The van der Waals surface area contributed by atoms with Crippen LogP contribution in [0.3, 0.4) is 0 Å². The van der Waals surface area contributed by atoms with Crippen molar-refractivity contribution in [3.05, 3.63) is 50.6 Å². The monoisotopic (exact) mass is 441 g/mol. The first-order valence-electron chi connectivity index (χ1n) is 8.11. The molecule has 0 radical (unpaired) electrons. The van der Waals surface area contributed by atoms with Crippen molar-refractivity contribution < 1.29 is 14.6 Å². The van der Waals surface area contributed by atoms with E-state index < -0.39 is 0 Å². The third-order valence-electron chi connectivity index (χ3n) is 3.92. The summed E-state index contributed by atoms with van der Waals surface area (Å²) in [5.41, 5.74) is 0.893. The molecule has 2 aromatic carbocycles. The molecule has 27 heavy (non-hydrogen) atoms. The molecule has 0 fully saturated rings. The van der Waals surface area contributed by atoms with E-state index in [-0.39, 0.29) is 18.1 Å². The van der Waals surface area contributed by atoms with Gasteiger partial charge in [0.05, 0.1) is 23.4 Å². The fraction of sp³-hybridized carbons (Fsp3) is 0.211. The first-order chi connectivity index (χ1) is 13.0. The lowest BCUT2D eigenvalue weighted by Gasteiger charge is -2.14. The highest BCUT2D eigenvalue weighted by atomic mass is 35.5. The van der Waals surface area contributed by atoms with Crippen LogP contribution in [0.25, 0.3) is 10.8 Å². The number of ether oxygens (including phenoxy) is 1. The number of carbonyl (C=O) groups is 1. The minimum absolute atomic E-state index is 0.216. The van der Waals surface area contributed by atoms with E-state index in [0.717, 1.165) is 21.3 Å². The molecule has 8 heteroatoms. The van der Waals surface area contributed by atoms with Crippen molar-refractivity contribution in [1.82, 2.24) is 0 Å². The lowest BCUT2D eigenvalue weighted by molar-refractivity contribution is -0.140. The molecule has 4 nitrogen and oxygen atoms in total. The molecule has 0 aliphatic rings. The average molecular weight is 442 g/mol. The number of halogens is 2. The molecule has 2 N–H and O–H groups in total. The summed E-state index contributed by atoms with van der Waals surface area (Å²) in [6, 6.07) is 11.4. The van der Waals surface area contributed by atoms with Crippen LogP contribution in [0.1, 0.15) is 11.3 Å². The van der Waals surface area contributed by atoms with E-state index in [2.05, 4.69) is 10.1 Å². The number of esters is 1. The van der Waals surface area contributed by atoms with Crippen molar-refractivity contribution in [2.45, 2.75) is 17.9 Å². The fourth-order valence-corrected chi connectivity index (χ4v) is 4.91. The largest absolute Gasteiger partial charge is 0.506 e.